The van der Waals surface area contributed by atoms with E-state index in [1.54, 1.807) is 0 Å². The molecular weight excluding hydrogens is 473 g/mol. The summed E-state index contributed by atoms with van der Waals surface area (Å²) in [6.07, 6.45) is 34.6. The molecule has 220 valence electrons. The maximum atomic E-state index is 10.3. The molecule has 0 saturated heterocycles. The Morgan fingerprint density at radius 3 is 0.703 bits per heavy atom. The molecular formula is C32H66MgO4. The van der Waals surface area contributed by atoms with Gasteiger partial charge in [0.2, 0.25) is 0 Å². The summed E-state index contributed by atoms with van der Waals surface area (Å²) in [6, 6.07) is 0. The van der Waals surface area contributed by atoms with Crippen LogP contribution in [0.4, 0.5) is 0 Å². The quantitative estimate of drug-likeness (QED) is 0.0766. The topological polar surface area (TPSA) is 74.6 Å². The van der Waals surface area contributed by atoms with Crippen LogP contribution in [0.15, 0.2) is 0 Å². The average Bonchev–Trinajstić information content (AvgIpc) is 2.85. The zero-order valence-corrected chi connectivity index (χ0v) is 26.6. The van der Waals surface area contributed by atoms with Crippen LogP contribution in [-0.2, 0) is 9.59 Å². The van der Waals surface area contributed by atoms with Gasteiger partial charge in [-0.25, -0.2) is 0 Å². The van der Waals surface area contributed by atoms with Gasteiger partial charge in [0.05, 0.1) is 0 Å². The van der Waals surface area contributed by atoms with E-state index in [0.717, 1.165) is 25.7 Å². The third-order valence-corrected chi connectivity index (χ3v) is 6.99. The van der Waals surface area contributed by atoms with E-state index in [9.17, 15) is 9.59 Å². The van der Waals surface area contributed by atoms with Crippen molar-refractivity contribution in [3.05, 3.63) is 0 Å². The van der Waals surface area contributed by atoms with Crippen molar-refractivity contribution in [2.75, 3.05) is 0 Å². The van der Waals surface area contributed by atoms with Gasteiger partial charge in [-0.3, -0.25) is 9.59 Å². The van der Waals surface area contributed by atoms with Gasteiger partial charge in [0.25, 0.3) is 0 Å². The van der Waals surface area contributed by atoms with Gasteiger partial charge in [-0.1, -0.05) is 168 Å². The Balaban J connectivity index is -0.000000187. The molecule has 0 aliphatic carbocycles. The zero-order valence-electron chi connectivity index (χ0n) is 27.2. The van der Waals surface area contributed by atoms with E-state index in [4.69, 9.17) is 10.2 Å². The van der Waals surface area contributed by atoms with Crippen molar-refractivity contribution in [1.82, 2.24) is 0 Å². The van der Waals surface area contributed by atoms with Gasteiger partial charge >= 0.3 is 35.0 Å². The Bertz CT molecular complexity index is 454. The van der Waals surface area contributed by atoms with Gasteiger partial charge < -0.3 is 13.1 Å². The minimum atomic E-state index is -0.657. The summed E-state index contributed by atoms with van der Waals surface area (Å²) in [5, 5.41) is 17.0. The van der Waals surface area contributed by atoms with Crippen molar-refractivity contribution in [1.29, 1.82) is 0 Å². The molecule has 0 aromatic rings. The second kappa shape index (κ2) is 37.9. The first-order valence-corrected chi connectivity index (χ1v) is 16.0. The van der Waals surface area contributed by atoms with Gasteiger partial charge in [-0.05, 0) is 12.8 Å². The van der Waals surface area contributed by atoms with Crippen LogP contribution in [0.3, 0.4) is 0 Å². The van der Waals surface area contributed by atoms with E-state index in [0.29, 0.717) is 12.8 Å². The van der Waals surface area contributed by atoms with Crippen molar-refractivity contribution in [2.24, 2.45) is 0 Å². The van der Waals surface area contributed by atoms with Crippen molar-refractivity contribution >= 4 is 35.0 Å². The number of hydrogen-bond donors (Lipinski definition) is 2. The molecule has 0 unspecified atom stereocenters. The van der Waals surface area contributed by atoms with E-state index in [1.165, 1.54) is 141 Å². The van der Waals surface area contributed by atoms with Crippen LogP contribution in [0.25, 0.3) is 0 Å². The SMILES string of the molecule is CCCCCCCCCCCCCC(=O)O.CCCCCCCCCCCCCCCCCC(=O)O.[H-].[H-].[Mg+2]. The second-order valence-electron chi connectivity index (χ2n) is 10.8. The number of aliphatic carboxylic acids is 2. The van der Waals surface area contributed by atoms with E-state index >= 15 is 0 Å². The second-order valence-corrected chi connectivity index (χ2v) is 10.8. The molecule has 0 spiro atoms. The van der Waals surface area contributed by atoms with E-state index in [2.05, 4.69) is 13.8 Å². The van der Waals surface area contributed by atoms with Gasteiger partial charge in [-0.2, -0.15) is 0 Å². The van der Waals surface area contributed by atoms with Crippen molar-refractivity contribution in [3.63, 3.8) is 0 Å². The van der Waals surface area contributed by atoms with Gasteiger partial charge in [0.1, 0.15) is 0 Å². The fraction of sp³-hybridized carbons (Fsp3) is 0.938. The maximum absolute atomic E-state index is 10.3. The Kier molecular flexibility index (Phi) is 42.1. The first-order chi connectivity index (χ1) is 17.5. The summed E-state index contributed by atoms with van der Waals surface area (Å²) in [5.41, 5.74) is 0. The number of carbonyl (C=O) groups is 2. The molecule has 5 heteroatoms. The van der Waals surface area contributed by atoms with E-state index < -0.39 is 11.9 Å². The summed E-state index contributed by atoms with van der Waals surface area (Å²) < 4.78 is 0. The minimum absolute atomic E-state index is 0. The third-order valence-electron chi connectivity index (χ3n) is 6.99. The van der Waals surface area contributed by atoms with Crippen molar-refractivity contribution in [2.45, 2.75) is 194 Å². The predicted octanol–water partition coefficient (Wildman–Crippen LogP) is 10.9. The van der Waals surface area contributed by atoms with E-state index in [-0.39, 0.29) is 25.9 Å². The average molecular weight is 539 g/mol. The molecule has 2 N–H and O–H groups in total. The van der Waals surface area contributed by atoms with Crippen LogP contribution >= 0.6 is 0 Å². The molecule has 0 atom stereocenters. The number of hydrogen-bond acceptors (Lipinski definition) is 2. The fourth-order valence-corrected chi connectivity index (χ4v) is 4.59. The summed E-state index contributed by atoms with van der Waals surface area (Å²) in [6.45, 7) is 4.52. The Morgan fingerprint density at radius 1 is 0.378 bits per heavy atom. The molecule has 4 nitrogen and oxygen atoms in total. The molecule has 0 aliphatic heterocycles. The van der Waals surface area contributed by atoms with Crippen LogP contribution in [0.5, 0.6) is 0 Å². The maximum Gasteiger partial charge on any atom is 2.00 e. The smallest absolute Gasteiger partial charge is 1.00 e. The van der Waals surface area contributed by atoms with Crippen molar-refractivity contribution < 1.29 is 22.7 Å². The zero-order chi connectivity index (χ0) is 27.0. The summed E-state index contributed by atoms with van der Waals surface area (Å²) in [7, 11) is 0. The predicted molar refractivity (Wildman–Crippen MR) is 164 cm³/mol. The Hall–Kier alpha value is -0.294. The molecule has 0 bridgehead atoms. The van der Waals surface area contributed by atoms with E-state index in [1.807, 2.05) is 0 Å². The van der Waals surface area contributed by atoms with Crippen molar-refractivity contribution in [3.8, 4) is 0 Å². The Morgan fingerprint density at radius 2 is 0.541 bits per heavy atom. The molecule has 0 aromatic carbocycles. The largest absolute Gasteiger partial charge is 2.00 e. The molecule has 0 saturated carbocycles. The molecule has 0 fully saturated rings. The minimum Gasteiger partial charge on any atom is -1.00 e. The fourth-order valence-electron chi connectivity index (χ4n) is 4.59. The molecule has 0 aromatic heterocycles. The van der Waals surface area contributed by atoms with Gasteiger partial charge in [-0.15, -0.1) is 0 Å². The molecule has 0 heterocycles. The number of carboxylic acid groups (broad SMARTS) is 2. The third kappa shape index (κ3) is 46.0. The molecule has 0 radical (unpaired) electrons. The summed E-state index contributed by atoms with van der Waals surface area (Å²) in [5.74, 6) is -1.31. The molecule has 37 heavy (non-hydrogen) atoms. The Labute approximate surface area is 250 Å². The van der Waals surface area contributed by atoms with Crippen LogP contribution in [-0.4, -0.2) is 45.2 Å². The summed E-state index contributed by atoms with van der Waals surface area (Å²) in [4.78, 5) is 20.6. The first-order valence-electron chi connectivity index (χ1n) is 16.0. The number of unbranched alkanes of at least 4 members (excludes halogenated alkanes) is 24. The van der Waals surface area contributed by atoms with Crippen LogP contribution in [0, 0.1) is 0 Å². The van der Waals surface area contributed by atoms with Gasteiger partial charge in [0, 0.05) is 12.8 Å². The monoisotopic (exact) mass is 538 g/mol. The molecule has 0 amide bonds. The normalized spacial score (nSPS) is 10.4. The van der Waals surface area contributed by atoms with Crippen LogP contribution in [0.1, 0.15) is 196 Å². The van der Waals surface area contributed by atoms with Gasteiger partial charge in [0.15, 0.2) is 0 Å². The number of carboxylic acids is 2. The van der Waals surface area contributed by atoms with Crippen LogP contribution < -0.4 is 0 Å². The molecule has 0 aliphatic rings. The van der Waals surface area contributed by atoms with Crippen LogP contribution in [0.2, 0.25) is 0 Å². The number of rotatable bonds is 28. The standard InChI is InChI=1S/C18H36O2.C14H28O2.Mg.2H/c1-2-3-4-5-6-7-8-9-10-11-12-13-14-15-16-17-18(19)20;1-2-3-4-5-6-7-8-9-10-11-12-13-14(15)16;;;/h2-17H2,1H3,(H,19,20);2-13H2,1H3,(H,15,16);;;/q;;+2;2*-1. The first kappa shape index (κ1) is 41.2. The summed E-state index contributed by atoms with van der Waals surface area (Å²) >= 11 is 0. The molecule has 0 rings (SSSR count).